The number of benzene rings is 1. The highest BCUT2D eigenvalue weighted by Crippen LogP contribution is 2.09. The van der Waals surface area contributed by atoms with Gasteiger partial charge < -0.3 is 9.73 Å². The molecule has 0 aliphatic heterocycles. The molecule has 5 nitrogen and oxygen atoms in total. The number of carbonyl (C=O) groups excluding carboxylic acids is 1. The first-order chi connectivity index (χ1) is 10.2. The predicted octanol–water partition coefficient (Wildman–Crippen LogP) is 2.53. The number of nitrogens with zero attached hydrogens (tertiary/aromatic N) is 2. The van der Waals surface area contributed by atoms with Gasteiger partial charge in [0.1, 0.15) is 11.6 Å². The number of hydrogen-bond acceptors (Lipinski definition) is 3. The molecule has 6 heteroatoms. The highest BCUT2D eigenvalue weighted by Gasteiger charge is 2.09. The molecule has 0 saturated carbocycles. The average molecular weight is 285 g/mol. The summed E-state index contributed by atoms with van der Waals surface area (Å²) in [5.74, 6) is 0.108. The second kappa shape index (κ2) is 5.62. The van der Waals surface area contributed by atoms with E-state index < -0.39 is 0 Å². The third-order valence-electron chi connectivity index (χ3n) is 2.94. The summed E-state index contributed by atoms with van der Waals surface area (Å²) in [6.45, 7) is 0.313. The van der Waals surface area contributed by atoms with Gasteiger partial charge in [0.05, 0.1) is 30.3 Å². The zero-order chi connectivity index (χ0) is 14.7. The van der Waals surface area contributed by atoms with Crippen LogP contribution in [0.4, 0.5) is 4.39 Å². The first-order valence-corrected chi connectivity index (χ1v) is 6.33. The van der Waals surface area contributed by atoms with Crippen molar-refractivity contribution in [1.29, 1.82) is 0 Å². The van der Waals surface area contributed by atoms with Crippen LogP contribution in [0.3, 0.4) is 0 Å². The molecule has 2 heterocycles. The van der Waals surface area contributed by atoms with E-state index in [1.165, 1.54) is 23.0 Å². The van der Waals surface area contributed by atoms with Crippen LogP contribution in [0, 0.1) is 5.82 Å². The molecule has 1 amide bonds. The van der Waals surface area contributed by atoms with Gasteiger partial charge in [0.15, 0.2) is 0 Å². The summed E-state index contributed by atoms with van der Waals surface area (Å²) in [5.41, 5.74) is 1.10. The molecule has 3 rings (SSSR count). The summed E-state index contributed by atoms with van der Waals surface area (Å²) < 4.78 is 19.5. The molecule has 0 fully saturated rings. The molecular formula is C15H12FN3O2. The Balaban J connectivity index is 1.69. The average Bonchev–Trinajstić information content (AvgIpc) is 3.17. The summed E-state index contributed by atoms with van der Waals surface area (Å²) in [7, 11) is 0. The van der Waals surface area contributed by atoms with Gasteiger partial charge in [-0.1, -0.05) is 0 Å². The minimum Gasteiger partial charge on any atom is -0.467 e. The number of rotatable bonds is 4. The van der Waals surface area contributed by atoms with Crippen LogP contribution < -0.4 is 5.32 Å². The van der Waals surface area contributed by atoms with Crippen molar-refractivity contribution in [2.24, 2.45) is 0 Å². The van der Waals surface area contributed by atoms with E-state index in [9.17, 15) is 9.18 Å². The van der Waals surface area contributed by atoms with Crippen molar-refractivity contribution in [3.05, 3.63) is 72.2 Å². The maximum absolute atomic E-state index is 12.9. The molecule has 3 aromatic rings. The predicted molar refractivity (Wildman–Crippen MR) is 73.4 cm³/mol. The Bertz CT molecular complexity index is 733. The van der Waals surface area contributed by atoms with Crippen molar-refractivity contribution >= 4 is 5.91 Å². The molecule has 2 aromatic heterocycles. The van der Waals surface area contributed by atoms with Crippen LogP contribution >= 0.6 is 0 Å². The van der Waals surface area contributed by atoms with Gasteiger partial charge in [0.25, 0.3) is 5.91 Å². The Hall–Kier alpha value is -2.89. The van der Waals surface area contributed by atoms with Gasteiger partial charge in [-0.15, -0.1) is 0 Å². The standard InChI is InChI=1S/C15H12FN3O2/c16-12-3-5-13(6-4-12)19-10-11(8-18-19)15(20)17-9-14-2-1-7-21-14/h1-8,10H,9H2,(H,17,20). The fraction of sp³-hybridized carbons (Fsp3) is 0.0667. The zero-order valence-electron chi connectivity index (χ0n) is 11.0. The minimum atomic E-state index is -0.317. The van der Waals surface area contributed by atoms with Crippen LogP contribution in [0.25, 0.3) is 5.69 Å². The largest absolute Gasteiger partial charge is 0.467 e. The third-order valence-corrected chi connectivity index (χ3v) is 2.94. The lowest BCUT2D eigenvalue weighted by Gasteiger charge is -2.01. The summed E-state index contributed by atoms with van der Waals surface area (Å²) in [6, 6.07) is 9.40. The molecule has 0 atom stereocenters. The van der Waals surface area contributed by atoms with E-state index in [0.717, 1.165) is 0 Å². The lowest BCUT2D eigenvalue weighted by Crippen LogP contribution is -2.22. The monoisotopic (exact) mass is 285 g/mol. The molecule has 1 aromatic carbocycles. The van der Waals surface area contributed by atoms with Gasteiger partial charge in [0, 0.05) is 6.20 Å². The Kier molecular flexibility index (Phi) is 3.51. The highest BCUT2D eigenvalue weighted by molar-refractivity contribution is 5.93. The Morgan fingerprint density at radius 1 is 1.29 bits per heavy atom. The zero-order valence-corrected chi connectivity index (χ0v) is 11.0. The van der Waals surface area contributed by atoms with E-state index in [0.29, 0.717) is 23.6 Å². The first-order valence-electron chi connectivity index (χ1n) is 6.33. The van der Waals surface area contributed by atoms with Crippen molar-refractivity contribution in [3.63, 3.8) is 0 Å². The second-order valence-corrected chi connectivity index (χ2v) is 4.41. The smallest absolute Gasteiger partial charge is 0.254 e. The number of amides is 1. The maximum atomic E-state index is 12.9. The first kappa shape index (κ1) is 13.1. The van der Waals surface area contributed by atoms with E-state index in [1.54, 1.807) is 36.7 Å². The van der Waals surface area contributed by atoms with Crippen LogP contribution in [-0.4, -0.2) is 15.7 Å². The molecular weight excluding hydrogens is 273 g/mol. The van der Waals surface area contributed by atoms with Crippen LogP contribution in [0.5, 0.6) is 0 Å². The number of aromatic nitrogens is 2. The molecule has 0 unspecified atom stereocenters. The van der Waals surface area contributed by atoms with Crippen molar-refractivity contribution in [2.45, 2.75) is 6.54 Å². The minimum absolute atomic E-state index is 0.250. The fourth-order valence-corrected chi connectivity index (χ4v) is 1.86. The van der Waals surface area contributed by atoms with Crippen molar-refractivity contribution in [2.75, 3.05) is 0 Å². The van der Waals surface area contributed by atoms with E-state index in [-0.39, 0.29) is 11.7 Å². The molecule has 0 aliphatic carbocycles. The van der Waals surface area contributed by atoms with Crippen molar-refractivity contribution < 1.29 is 13.6 Å². The van der Waals surface area contributed by atoms with Gasteiger partial charge in [-0.25, -0.2) is 9.07 Å². The number of nitrogens with one attached hydrogen (secondary N) is 1. The quantitative estimate of drug-likeness (QED) is 0.801. The lowest BCUT2D eigenvalue weighted by atomic mass is 10.3. The van der Waals surface area contributed by atoms with Gasteiger partial charge >= 0.3 is 0 Å². The van der Waals surface area contributed by atoms with Crippen molar-refractivity contribution in [3.8, 4) is 5.69 Å². The Morgan fingerprint density at radius 3 is 2.81 bits per heavy atom. The fourth-order valence-electron chi connectivity index (χ4n) is 1.86. The molecule has 0 radical (unpaired) electrons. The van der Waals surface area contributed by atoms with Gasteiger partial charge in [-0.05, 0) is 36.4 Å². The SMILES string of the molecule is O=C(NCc1ccco1)c1cnn(-c2ccc(F)cc2)c1. The topological polar surface area (TPSA) is 60.1 Å². The number of furan rings is 1. The number of hydrogen-bond donors (Lipinski definition) is 1. The van der Waals surface area contributed by atoms with E-state index >= 15 is 0 Å². The maximum Gasteiger partial charge on any atom is 0.254 e. The molecule has 0 spiro atoms. The Labute approximate surface area is 120 Å². The molecule has 1 N–H and O–H groups in total. The van der Waals surface area contributed by atoms with Gasteiger partial charge in [0.2, 0.25) is 0 Å². The van der Waals surface area contributed by atoms with Crippen LogP contribution in [0.2, 0.25) is 0 Å². The molecule has 0 bridgehead atoms. The normalized spacial score (nSPS) is 10.5. The van der Waals surface area contributed by atoms with Crippen molar-refractivity contribution in [1.82, 2.24) is 15.1 Å². The molecule has 0 aliphatic rings. The number of carbonyl (C=O) groups is 1. The van der Waals surface area contributed by atoms with Crippen LogP contribution in [0.1, 0.15) is 16.1 Å². The van der Waals surface area contributed by atoms with Gasteiger partial charge in [-0.3, -0.25) is 4.79 Å². The molecule has 106 valence electrons. The summed E-state index contributed by atoms with van der Waals surface area (Å²) in [5, 5.41) is 6.82. The summed E-state index contributed by atoms with van der Waals surface area (Å²) in [6.07, 6.45) is 4.60. The lowest BCUT2D eigenvalue weighted by molar-refractivity contribution is 0.0948. The summed E-state index contributed by atoms with van der Waals surface area (Å²) >= 11 is 0. The van der Waals surface area contributed by atoms with E-state index in [1.807, 2.05) is 0 Å². The van der Waals surface area contributed by atoms with E-state index in [4.69, 9.17) is 4.42 Å². The third kappa shape index (κ3) is 3.00. The summed E-state index contributed by atoms with van der Waals surface area (Å²) in [4.78, 5) is 12.0. The number of halogens is 1. The highest BCUT2D eigenvalue weighted by atomic mass is 19.1. The van der Waals surface area contributed by atoms with E-state index in [2.05, 4.69) is 10.4 Å². The molecule has 21 heavy (non-hydrogen) atoms. The Morgan fingerprint density at radius 2 is 2.10 bits per heavy atom. The second-order valence-electron chi connectivity index (χ2n) is 4.41. The van der Waals surface area contributed by atoms with Crippen LogP contribution in [-0.2, 0) is 6.54 Å². The van der Waals surface area contributed by atoms with Crippen LogP contribution in [0.15, 0.2) is 59.5 Å². The molecule has 0 saturated heterocycles. The van der Waals surface area contributed by atoms with Gasteiger partial charge in [-0.2, -0.15) is 5.10 Å².